The maximum absolute atomic E-state index is 11.5. The Bertz CT molecular complexity index is 457. The Morgan fingerprint density at radius 3 is 2.82 bits per heavy atom. The molecule has 0 saturated carbocycles. The average Bonchev–Trinajstić information content (AvgIpc) is 2.28. The number of nitro groups is 1. The fourth-order valence-electron chi connectivity index (χ4n) is 1.21. The second kappa shape index (κ2) is 5.64. The fraction of sp³-hybridized carbons (Fsp3) is 0.182. The van der Waals surface area contributed by atoms with E-state index >= 15 is 0 Å². The molecule has 6 nitrogen and oxygen atoms in total. The third-order valence-electron chi connectivity index (χ3n) is 2.07. The van der Waals surface area contributed by atoms with Crippen molar-refractivity contribution in [2.45, 2.75) is 6.42 Å². The lowest BCUT2D eigenvalue weighted by Crippen LogP contribution is -2.23. The summed E-state index contributed by atoms with van der Waals surface area (Å²) in [6, 6.07) is 3.46. The fourth-order valence-corrected chi connectivity index (χ4v) is 1.21. The summed E-state index contributed by atoms with van der Waals surface area (Å²) in [6.07, 6.45) is 2.29. The van der Waals surface area contributed by atoms with Gasteiger partial charge >= 0.3 is 5.69 Å². The van der Waals surface area contributed by atoms with Gasteiger partial charge in [-0.15, -0.1) is 6.58 Å². The quantitative estimate of drug-likeness (QED) is 0.351. The lowest BCUT2D eigenvalue weighted by Gasteiger charge is -2.04. The lowest BCUT2D eigenvalue weighted by molar-refractivity contribution is -0.385. The molecule has 0 aromatic heterocycles. The van der Waals surface area contributed by atoms with Crippen LogP contribution in [0.4, 0.5) is 5.69 Å². The SMILES string of the molecule is C=CCCNC(=O)c1ccc([N+](=O)[O-])c(O)c1. The van der Waals surface area contributed by atoms with Crippen LogP contribution in [-0.4, -0.2) is 22.5 Å². The summed E-state index contributed by atoms with van der Waals surface area (Å²) in [5.41, 5.74) is -0.246. The normalized spacial score (nSPS) is 9.65. The van der Waals surface area contributed by atoms with E-state index < -0.39 is 22.3 Å². The van der Waals surface area contributed by atoms with Crippen LogP contribution in [0, 0.1) is 10.1 Å². The largest absolute Gasteiger partial charge is 0.502 e. The molecule has 6 heteroatoms. The highest BCUT2D eigenvalue weighted by Gasteiger charge is 2.15. The van der Waals surface area contributed by atoms with Crippen LogP contribution in [0.2, 0.25) is 0 Å². The van der Waals surface area contributed by atoms with E-state index in [2.05, 4.69) is 11.9 Å². The van der Waals surface area contributed by atoms with Crippen molar-refractivity contribution in [2.75, 3.05) is 6.54 Å². The van der Waals surface area contributed by atoms with Crippen molar-refractivity contribution in [3.63, 3.8) is 0 Å². The summed E-state index contributed by atoms with van der Waals surface area (Å²) in [6.45, 7) is 3.94. The number of carbonyl (C=O) groups is 1. The smallest absolute Gasteiger partial charge is 0.310 e. The number of hydrogen-bond acceptors (Lipinski definition) is 4. The van der Waals surface area contributed by atoms with Crippen molar-refractivity contribution in [1.82, 2.24) is 5.32 Å². The zero-order valence-corrected chi connectivity index (χ0v) is 9.05. The van der Waals surface area contributed by atoms with E-state index in [1.807, 2.05) is 0 Å². The van der Waals surface area contributed by atoms with Crippen LogP contribution in [0.1, 0.15) is 16.8 Å². The van der Waals surface area contributed by atoms with Crippen molar-refractivity contribution in [1.29, 1.82) is 0 Å². The molecule has 0 fully saturated rings. The van der Waals surface area contributed by atoms with Gasteiger partial charge in [0.05, 0.1) is 4.92 Å². The molecule has 0 heterocycles. The van der Waals surface area contributed by atoms with Crippen LogP contribution >= 0.6 is 0 Å². The number of nitrogens with one attached hydrogen (secondary N) is 1. The molecule has 90 valence electrons. The Morgan fingerprint density at radius 2 is 2.29 bits per heavy atom. The average molecular weight is 236 g/mol. The number of phenols is 1. The Kier molecular flexibility index (Phi) is 4.21. The number of aromatic hydroxyl groups is 1. The first-order valence-electron chi connectivity index (χ1n) is 4.92. The molecule has 0 radical (unpaired) electrons. The van der Waals surface area contributed by atoms with Gasteiger partial charge in [-0.3, -0.25) is 14.9 Å². The van der Waals surface area contributed by atoms with Crippen LogP contribution in [-0.2, 0) is 0 Å². The molecule has 1 rings (SSSR count). The van der Waals surface area contributed by atoms with Gasteiger partial charge in [-0.05, 0) is 18.6 Å². The minimum atomic E-state index is -0.714. The number of carbonyl (C=O) groups excluding carboxylic acids is 1. The first-order chi connectivity index (χ1) is 8.06. The molecule has 1 aromatic rings. The molecule has 0 aliphatic rings. The van der Waals surface area contributed by atoms with Gasteiger partial charge in [0.15, 0.2) is 5.75 Å². The minimum Gasteiger partial charge on any atom is -0.502 e. The van der Waals surface area contributed by atoms with E-state index in [-0.39, 0.29) is 5.56 Å². The molecule has 1 aromatic carbocycles. The van der Waals surface area contributed by atoms with Gasteiger partial charge < -0.3 is 10.4 Å². The highest BCUT2D eigenvalue weighted by molar-refractivity contribution is 5.95. The van der Waals surface area contributed by atoms with E-state index in [0.29, 0.717) is 13.0 Å². The van der Waals surface area contributed by atoms with Crippen LogP contribution in [0.3, 0.4) is 0 Å². The molecular weight excluding hydrogens is 224 g/mol. The van der Waals surface area contributed by atoms with Gasteiger partial charge in [-0.25, -0.2) is 0 Å². The summed E-state index contributed by atoms with van der Waals surface area (Å²) < 4.78 is 0. The summed E-state index contributed by atoms with van der Waals surface area (Å²) in [4.78, 5) is 21.3. The Balaban J connectivity index is 2.79. The summed E-state index contributed by atoms with van der Waals surface area (Å²) in [5.74, 6) is -0.914. The van der Waals surface area contributed by atoms with E-state index in [0.717, 1.165) is 12.1 Å². The van der Waals surface area contributed by atoms with Gasteiger partial charge in [0, 0.05) is 18.2 Å². The van der Waals surface area contributed by atoms with Crippen LogP contribution < -0.4 is 5.32 Å². The van der Waals surface area contributed by atoms with Crippen molar-refractivity contribution in [3.8, 4) is 5.75 Å². The van der Waals surface area contributed by atoms with Crippen molar-refractivity contribution >= 4 is 11.6 Å². The molecule has 0 atom stereocenters. The maximum Gasteiger partial charge on any atom is 0.310 e. The van der Waals surface area contributed by atoms with Crippen molar-refractivity contribution in [2.24, 2.45) is 0 Å². The number of nitro benzene ring substituents is 1. The number of benzene rings is 1. The van der Waals surface area contributed by atoms with Gasteiger partial charge in [0.25, 0.3) is 5.91 Å². The van der Waals surface area contributed by atoms with E-state index in [9.17, 15) is 20.0 Å². The Hall–Kier alpha value is -2.37. The number of phenolic OH excluding ortho intramolecular Hbond substituents is 1. The van der Waals surface area contributed by atoms with Gasteiger partial charge in [0.1, 0.15) is 0 Å². The number of nitrogens with zero attached hydrogens (tertiary/aromatic N) is 1. The molecule has 0 aliphatic carbocycles. The second-order valence-corrected chi connectivity index (χ2v) is 3.29. The first-order valence-corrected chi connectivity index (χ1v) is 4.92. The first kappa shape index (κ1) is 12.7. The van der Waals surface area contributed by atoms with E-state index in [1.54, 1.807) is 6.08 Å². The number of hydrogen-bond donors (Lipinski definition) is 2. The van der Waals surface area contributed by atoms with Gasteiger partial charge in [-0.2, -0.15) is 0 Å². The van der Waals surface area contributed by atoms with Gasteiger partial charge in [0.2, 0.25) is 0 Å². The summed E-state index contributed by atoms with van der Waals surface area (Å²) >= 11 is 0. The van der Waals surface area contributed by atoms with E-state index in [4.69, 9.17) is 0 Å². The summed E-state index contributed by atoms with van der Waals surface area (Å²) in [7, 11) is 0. The molecule has 2 N–H and O–H groups in total. The Labute approximate surface area is 97.7 Å². The third-order valence-corrected chi connectivity index (χ3v) is 2.07. The molecular formula is C11H12N2O4. The van der Waals surface area contributed by atoms with Crippen LogP contribution in [0.15, 0.2) is 30.9 Å². The third kappa shape index (κ3) is 3.30. The zero-order valence-electron chi connectivity index (χ0n) is 9.05. The highest BCUT2D eigenvalue weighted by Crippen LogP contribution is 2.26. The highest BCUT2D eigenvalue weighted by atomic mass is 16.6. The lowest BCUT2D eigenvalue weighted by atomic mass is 10.2. The molecule has 0 saturated heterocycles. The number of rotatable bonds is 5. The molecule has 0 spiro atoms. The molecule has 1 amide bonds. The molecule has 17 heavy (non-hydrogen) atoms. The molecule has 0 aliphatic heterocycles. The standard InChI is InChI=1S/C11H12N2O4/c1-2-3-6-12-11(15)8-4-5-9(13(16)17)10(14)7-8/h2,4-5,7,14H,1,3,6H2,(H,12,15). The van der Waals surface area contributed by atoms with Crippen LogP contribution in [0.25, 0.3) is 0 Å². The topological polar surface area (TPSA) is 92.5 Å². The van der Waals surface area contributed by atoms with Crippen LogP contribution in [0.5, 0.6) is 5.75 Å². The predicted octanol–water partition coefficient (Wildman–Crippen LogP) is 1.61. The monoisotopic (exact) mass is 236 g/mol. The number of amides is 1. The predicted molar refractivity (Wildman–Crippen MR) is 61.9 cm³/mol. The summed E-state index contributed by atoms with van der Waals surface area (Å²) in [5, 5.41) is 22.4. The van der Waals surface area contributed by atoms with Crippen molar-refractivity contribution < 1.29 is 14.8 Å². The minimum absolute atomic E-state index is 0.178. The van der Waals surface area contributed by atoms with Gasteiger partial charge in [-0.1, -0.05) is 6.08 Å². The Morgan fingerprint density at radius 1 is 1.59 bits per heavy atom. The zero-order chi connectivity index (χ0) is 12.8. The van der Waals surface area contributed by atoms with Crippen molar-refractivity contribution in [3.05, 3.63) is 46.5 Å². The second-order valence-electron chi connectivity index (χ2n) is 3.29. The van der Waals surface area contributed by atoms with E-state index in [1.165, 1.54) is 6.07 Å². The molecule has 0 unspecified atom stereocenters. The maximum atomic E-state index is 11.5. The molecule has 0 bridgehead atoms.